The van der Waals surface area contributed by atoms with E-state index in [1.807, 2.05) is 35.0 Å². The fourth-order valence-corrected chi connectivity index (χ4v) is 3.88. The molecule has 0 saturated heterocycles. The number of aromatic amines is 1. The third-order valence-corrected chi connectivity index (χ3v) is 5.55. The summed E-state index contributed by atoms with van der Waals surface area (Å²) >= 11 is 0. The van der Waals surface area contributed by atoms with Crippen molar-refractivity contribution in [3.05, 3.63) is 95.6 Å². The van der Waals surface area contributed by atoms with E-state index in [0.717, 1.165) is 22.3 Å². The van der Waals surface area contributed by atoms with Gasteiger partial charge < -0.3 is 0 Å². The molecule has 1 N–H and O–H groups in total. The fraction of sp³-hybridized carbons (Fsp3) is 0.259. The van der Waals surface area contributed by atoms with Gasteiger partial charge in [0.15, 0.2) is 0 Å². The van der Waals surface area contributed by atoms with Gasteiger partial charge >= 0.3 is 0 Å². The van der Waals surface area contributed by atoms with Gasteiger partial charge in [0, 0.05) is 17.9 Å². The molecule has 0 spiro atoms. The molecule has 166 valence electrons. The van der Waals surface area contributed by atoms with Crippen molar-refractivity contribution in [2.24, 2.45) is 0 Å². The fourth-order valence-electron chi connectivity index (χ4n) is 3.88. The molecule has 0 radical (unpaired) electrons. The molecule has 32 heavy (non-hydrogen) atoms. The molecule has 3 aromatic carbocycles. The van der Waals surface area contributed by atoms with Gasteiger partial charge in [-0.15, -0.1) is 0 Å². The highest BCUT2D eigenvalue weighted by molar-refractivity contribution is 5.82. The van der Waals surface area contributed by atoms with E-state index < -0.39 is 0 Å². The smallest absolute Gasteiger partial charge is 0.123 e. The number of hydrogen-bond donors (Lipinski definition) is 1. The molecule has 0 fully saturated rings. The Morgan fingerprint density at radius 1 is 0.844 bits per heavy atom. The Hall–Kier alpha value is -3.47. The second-order valence-electron chi connectivity index (χ2n) is 8.65. The summed E-state index contributed by atoms with van der Waals surface area (Å²) < 4.78 is 15.0. The summed E-state index contributed by atoms with van der Waals surface area (Å²) in [5, 5.41) is 14.4. The quantitative estimate of drug-likeness (QED) is 0.326. The highest BCUT2D eigenvalue weighted by atomic mass is 19.1. The SMILES string of the molecule is CC(C)c1[nH]nc2ccccc12.CC(C)c1nn(Cc2ccc(F)cc2)c2ccccc12.[HH]. The van der Waals surface area contributed by atoms with Crippen molar-refractivity contribution in [3.8, 4) is 0 Å². The van der Waals surface area contributed by atoms with Gasteiger partial charge in [0.05, 0.1) is 23.3 Å². The number of para-hydroxylation sites is 2. The molecule has 0 aliphatic heterocycles. The predicted molar refractivity (Wildman–Crippen MR) is 132 cm³/mol. The molecule has 5 aromatic rings. The van der Waals surface area contributed by atoms with Crippen LogP contribution in [-0.4, -0.2) is 20.0 Å². The van der Waals surface area contributed by atoms with Crippen LogP contribution >= 0.6 is 0 Å². The lowest BCUT2D eigenvalue weighted by Crippen LogP contribution is -2.02. The first-order valence-corrected chi connectivity index (χ1v) is 11.1. The Bertz CT molecular complexity index is 1320. The summed E-state index contributed by atoms with van der Waals surface area (Å²) in [4.78, 5) is 0. The monoisotopic (exact) mass is 430 g/mol. The Morgan fingerprint density at radius 3 is 2.19 bits per heavy atom. The molecule has 2 heterocycles. The van der Waals surface area contributed by atoms with Gasteiger partial charge in [-0.2, -0.15) is 10.2 Å². The van der Waals surface area contributed by atoms with Crippen molar-refractivity contribution in [1.29, 1.82) is 0 Å². The van der Waals surface area contributed by atoms with Gasteiger partial charge in [-0.25, -0.2) is 4.39 Å². The van der Waals surface area contributed by atoms with Crippen LogP contribution in [-0.2, 0) is 6.54 Å². The lowest BCUT2D eigenvalue weighted by Gasteiger charge is -2.04. The number of benzene rings is 3. The average Bonchev–Trinajstić information content (AvgIpc) is 3.38. The molecule has 5 rings (SSSR count). The maximum atomic E-state index is 13.0. The third kappa shape index (κ3) is 4.57. The number of nitrogens with zero attached hydrogens (tertiary/aromatic N) is 3. The maximum absolute atomic E-state index is 13.0. The molecule has 2 aromatic heterocycles. The third-order valence-electron chi connectivity index (χ3n) is 5.55. The topological polar surface area (TPSA) is 46.5 Å². The van der Waals surface area contributed by atoms with Gasteiger partial charge in [0.2, 0.25) is 0 Å². The van der Waals surface area contributed by atoms with Crippen LogP contribution in [0.25, 0.3) is 21.8 Å². The van der Waals surface area contributed by atoms with Crippen molar-refractivity contribution < 1.29 is 5.82 Å². The van der Waals surface area contributed by atoms with Gasteiger partial charge in [-0.05, 0) is 41.7 Å². The van der Waals surface area contributed by atoms with Gasteiger partial charge in [0.1, 0.15) is 5.82 Å². The van der Waals surface area contributed by atoms with Crippen molar-refractivity contribution >= 4 is 21.8 Å². The van der Waals surface area contributed by atoms with Gasteiger partial charge in [-0.3, -0.25) is 9.78 Å². The van der Waals surface area contributed by atoms with Crippen LogP contribution in [0.2, 0.25) is 0 Å². The van der Waals surface area contributed by atoms with Crippen molar-refractivity contribution in [1.82, 2.24) is 20.0 Å². The normalized spacial score (nSPS) is 11.3. The zero-order chi connectivity index (χ0) is 22.7. The van der Waals surface area contributed by atoms with Crippen molar-refractivity contribution in [2.45, 2.75) is 46.1 Å². The first-order chi connectivity index (χ1) is 15.4. The highest BCUT2D eigenvalue weighted by Crippen LogP contribution is 2.25. The summed E-state index contributed by atoms with van der Waals surface area (Å²) in [6.45, 7) is 9.29. The van der Waals surface area contributed by atoms with Gasteiger partial charge in [-0.1, -0.05) is 76.2 Å². The van der Waals surface area contributed by atoms with E-state index in [1.54, 1.807) is 12.1 Å². The molecule has 0 atom stereocenters. The standard InChI is InChI=1S/C17H17FN2.C10H12N2.H2/c1-12(2)17-15-5-3-4-6-16(15)20(19-17)11-13-7-9-14(18)10-8-13;1-7(2)10-8-5-3-4-6-9(8)11-12-10;/h3-10,12H,11H2,1-2H3;3-7H,1-2H3,(H,11,12);1H. The second kappa shape index (κ2) is 9.35. The van der Waals surface area contributed by atoms with Crippen molar-refractivity contribution in [3.63, 3.8) is 0 Å². The maximum Gasteiger partial charge on any atom is 0.123 e. The van der Waals surface area contributed by atoms with Crippen LogP contribution in [0.5, 0.6) is 0 Å². The molecular formula is C27H31FN4. The molecule has 0 bridgehead atoms. The van der Waals surface area contributed by atoms with E-state index in [-0.39, 0.29) is 7.24 Å². The molecule has 5 heteroatoms. The van der Waals surface area contributed by atoms with Crippen LogP contribution in [0.4, 0.5) is 4.39 Å². The van der Waals surface area contributed by atoms with Crippen molar-refractivity contribution in [2.75, 3.05) is 0 Å². The zero-order valence-corrected chi connectivity index (χ0v) is 19.0. The lowest BCUT2D eigenvalue weighted by atomic mass is 10.1. The van der Waals surface area contributed by atoms with E-state index in [1.165, 1.54) is 28.6 Å². The first kappa shape index (κ1) is 21.8. The van der Waals surface area contributed by atoms with Crippen LogP contribution in [0.3, 0.4) is 0 Å². The lowest BCUT2D eigenvalue weighted by molar-refractivity contribution is 0.624. The Kier molecular flexibility index (Phi) is 6.35. The molecule has 0 aliphatic rings. The summed E-state index contributed by atoms with van der Waals surface area (Å²) in [6.07, 6.45) is 0. The number of fused-ring (bicyclic) bond motifs is 2. The molecule has 0 aliphatic carbocycles. The number of nitrogens with one attached hydrogen (secondary N) is 1. The summed E-state index contributed by atoms with van der Waals surface area (Å²) in [6, 6.07) is 23.0. The minimum atomic E-state index is -0.207. The summed E-state index contributed by atoms with van der Waals surface area (Å²) in [5.74, 6) is 0.689. The number of H-pyrrole nitrogens is 1. The number of rotatable bonds is 4. The Labute approximate surface area is 189 Å². The van der Waals surface area contributed by atoms with E-state index in [4.69, 9.17) is 5.10 Å². The minimum Gasteiger partial charge on any atom is -0.281 e. The van der Waals surface area contributed by atoms with Gasteiger partial charge in [0.25, 0.3) is 0 Å². The van der Waals surface area contributed by atoms with Crippen LogP contribution < -0.4 is 0 Å². The number of hydrogen-bond acceptors (Lipinski definition) is 2. The predicted octanol–water partition coefficient (Wildman–Crippen LogP) is 7.28. The van der Waals surface area contributed by atoms with Crippen LogP contribution in [0.1, 0.15) is 57.9 Å². The largest absolute Gasteiger partial charge is 0.281 e. The molecule has 0 saturated carbocycles. The molecule has 4 nitrogen and oxygen atoms in total. The average molecular weight is 431 g/mol. The van der Waals surface area contributed by atoms with Crippen LogP contribution in [0, 0.1) is 5.82 Å². The Morgan fingerprint density at radius 2 is 1.50 bits per heavy atom. The van der Waals surface area contributed by atoms with E-state index in [0.29, 0.717) is 18.4 Å². The van der Waals surface area contributed by atoms with E-state index >= 15 is 0 Å². The first-order valence-electron chi connectivity index (χ1n) is 11.1. The minimum absolute atomic E-state index is 0. The number of aromatic nitrogens is 4. The number of halogens is 1. The van der Waals surface area contributed by atoms with E-state index in [9.17, 15) is 4.39 Å². The highest BCUT2D eigenvalue weighted by Gasteiger charge is 2.13. The molecule has 0 unspecified atom stereocenters. The zero-order valence-electron chi connectivity index (χ0n) is 19.0. The second-order valence-corrected chi connectivity index (χ2v) is 8.65. The summed E-state index contributed by atoms with van der Waals surface area (Å²) in [5.41, 5.74) is 5.57. The van der Waals surface area contributed by atoms with Crippen LogP contribution in [0.15, 0.2) is 72.8 Å². The van der Waals surface area contributed by atoms with E-state index in [2.05, 4.69) is 56.1 Å². The summed E-state index contributed by atoms with van der Waals surface area (Å²) in [7, 11) is 0. The molecule has 0 amide bonds. The molecular weight excluding hydrogens is 399 g/mol. The Balaban J connectivity index is 0.000000202.